The van der Waals surface area contributed by atoms with Gasteiger partial charge in [-0.3, -0.25) is 9.59 Å². The van der Waals surface area contributed by atoms with Crippen LogP contribution in [0.5, 0.6) is 0 Å². The van der Waals surface area contributed by atoms with E-state index < -0.39 is 5.97 Å². The van der Waals surface area contributed by atoms with E-state index in [9.17, 15) is 9.59 Å². The van der Waals surface area contributed by atoms with Crippen LogP contribution in [0.2, 0.25) is 5.02 Å². The van der Waals surface area contributed by atoms with Crippen molar-refractivity contribution in [3.63, 3.8) is 0 Å². The molecule has 92 valence electrons. The Kier molecular flexibility index (Phi) is 4.97. The van der Waals surface area contributed by atoms with Crippen LogP contribution in [-0.4, -0.2) is 19.0 Å². The van der Waals surface area contributed by atoms with Crippen molar-refractivity contribution in [1.82, 2.24) is 0 Å². The third kappa shape index (κ3) is 4.44. The van der Waals surface area contributed by atoms with E-state index in [1.54, 1.807) is 12.1 Å². The van der Waals surface area contributed by atoms with Gasteiger partial charge < -0.3 is 10.1 Å². The number of hydrogen-bond acceptors (Lipinski definition) is 3. The summed E-state index contributed by atoms with van der Waals surface area (Å²) < 4.78 is 4.45. The Labute approximate surface area is 105 Å². The van der Waals surface area contributed by atoms with E-state index in [4.69, 9.17) is 11.6 Å². The first-order chi connectivity index (χ1) is 8.02. The number of anilines is 1. The van der Waals surface area contributed by atoms with Gasteiger partial charge in [0.15, 0.2) is 0 Å². The van der Waals surface area contributed by atoms with Gasteiger partial charge >= 0.3 is 5.97 Å². The van der Waals surface area contributed by atoms with Gasteiger partial charge in [-0.25, -0.2) is 0 Å². The van der Waals surface area contributed by atoms with Crippen molar-refractivity contribution in [2.75, 3.05) is 12.4 Å². The molecule has 1 N–H and O–H groups in total. The molecule has 4 nitrogen and oxygen atoms in total. The van der Waals surface area contributed by atoms with Gasteiger partial charge in [-0.2, -0.15) is 0 Å². The molecule has 0 aliphatic carbocycles. The summed E-state index contributed by atoms with van der Waals surface area (Å²) in [6.07, 6.45) is 0.167. The zero-order valence-electron chi connectivity index (χ0n) is 9.75. The van der Waals surface area contributed by atoms with Gasteiger partial charge in [0.1, 0.15) is 0 Å². The molecule has 0 saturated carbocycles. The molecule has 1 aromatic carbocycles. The van der Waals surface area contributed by atoms with Crippen molar-refractivity contribution in [3.05, 3.63) is 28.8 Å². The lowest BCUT2D eigenvalue weighted by atomic mass is 10.2. The van der Waals surface area contributed by atoms with Gasteiger partial charge in [0.2, 0.25) is 5.91 Å². The normalized spacial score (nSPS) is 9.82. The second-order valence-electron chi connectivity index (χ2n) is 3.59. The van der Waals surface area contributed by atoms with Crippen molar-refractivity contribution in [2.24, 2.45) is 0 Å². The molecule has 1 amide bonds. The van der Waals surface area contributed by atoms with Crippen LogP contribution in [0, 0.1) is 6.92 Å². The molecule has 0 spiro atoms. The molecule has 0 bridgehead atoms. The predicted octanol–water partition coefficient (Wildman–Crippen LogP) is 2.54. The van der Waals surface area contributed by atoms with E-state index in [0.29, 0.717) is 10.7 Å². The summed E-state index contributed by atoms with van der Waals surface area (Å²) in [4.78, 5) is 22.3. The highest BCUT2D eigenvalue weighted by molar-refractivity contribution is 6.31. The number of ether oxygens (including phenoxy) is 1. The maximum atomic E-state index is 11.5. The molecule has 0 heterocycles. The van der Waals surface area contributed by atoms with Crippen LogP contribution >= 0.6 is 11.6 Å². The number of amides is 1. The molecule has 0 atom stereocenters. The molecule has 1 aromatic rings. The van der Waals surface area contributed by atoms with Crippen molar-refractivity contribution in [2.45, 2.75) is 19.8 Å². The van der Waals surface area contributed by atoms with Gasteiger partial charge in [-0.15, -0.1) is 0 Å². The van der Waals surface area contributed by atoms with Crippen LogP contribution < -0.4 is 5.32 Å². The van der Waals surface area contributed by atoms with Gasteiger partial charge in [0.05, 0.1) is 13.5 Å². The summed E-state index contributed by atoms with van der Waals surface area (Å²) in [5, 5.41) is 3.25. The first kappa shape index (κ1) is 13.5. The monoisotopic (exact) mass is 255 g/mol. The van der Waals surface area contributed by atoms with E-state index in [1.807, 2.05) is 13.0 Å². The zero-order chi connectivity index (χ0) is 12.8. The van der Waals surface area contributed by atoms with E-state index >= 15 is 0 Å². The van der Waals surface area contributed by atoms with E-state index in [0.717, 1.165) is 5.56 Å². The second kappa shape index (κ2) is 6.25. The summed E-state index contributed by atoms with van der Waals surface area (Å²) >= 11 is 5.92. The van der Waals surface area contributed by atoms with Crippen LogP contribution in [0.15, 0.2) is 18.2 Å². The summed E-state index contributed by atoms with van der Waals surface area (Å²) in [5.74, 6) is -0.641. The van der Waals surface area contributed by atoms with Crippen LogP contribution in [0.4, 0.5) is 5.69 Å². The number of nitrogens with one attached hydrogen (secondary N) is 1. The molecule has 0 saturated heterocycles. The first-order valence-corrected chi connectivity index (χ1v) is 5.53. The Balaban J connectivity index is 2.50. The Morgan fingerprint density at radius 3 is 2.65 bits per heavy atom. The number of aryl methyl sites for hydroxylation is 1. The highest BCUT2D eigenvalue weighted by Gasteiger charge is 2.07. The van der Waals surface area contributed by atoms with Crippen molar-refractivity contribution >= 4 is 29.2 Å². The van der Waals surface area contributed by atoms with Crippen LogP contribution in [0.3, 0.4) is 0 Å². The van der Waals surface area contributed by atoms with Crippen LogP contribution in [0.1, 0.15) is 18.4 Å². The Morgan fingerprint density at radius 2 is 2.06 bits per heavy atom. The van der Waals surface area contributed by atoms with Crippen LogP contribution in [-0.2, 0) is 14.3 Å². The smallest absolute Gasteiger partial charge is 0.306 e. The minimum absolute atomic E-state index is 0.0714. The third-order valence-corrected chi connectivity index (χ3v) is 2.65. The quantitative estimate of drug-likeness (QED) is 0.842. The van der Waals surface area contributed by atoms with Crippen LogP contribution in [0.25, 0.3) is 0 Å². The van der Waals surface area contributed by atoms with E-state index in [-0.39, 0.29) is 18.7 Å². The number of rotatable bonds is 4. The minimum Gasteiger partial charge on any atom is -0.469 e. The fraction of sp³-hybridized carbons (Fsp3) is 0.333. The SMILES string of the molecule is COC(=O)CCC(=O)Nc1ccc(C)c(Cl)c1. The predicted molar refractivity (Wildman–Crippen MR) is 66.1 cm³/mol. The Hall–Kier alpha value is -1.55. The average molecular weight is 256 g/mol. The third-order valence-electron chi connectivity index (χ3n) is 2.24. The molecule has 0 aromatic heterocycles. The number of carbonyl (C=O) groups excluding carboxylic acids is 2. The highest BCUT2D eigenvalue weighted by atomic mass is 35.5. The molecule has 0 aliphatic rings. The maximum absolute atomic E-state index is 11.5. The first-order valence-electron chi connectivity index (χ1n) is 5.15. The summed E-state index contributed by atoms with van der Waals surface area (Å²) in [6, 6.07) is 5.25. The van der Waals surface area contributed by atoms with Gasteiger partial charge in [0, 0.05) is 17.1 Å². The van der Waals surface area contributed by atoms with E-state index in [1.165, 1.54) is 7.11 Å². The number of esters is 1. The lowest BCUT2D eigenvalue weighted by Gasteiger charge is -2.06. The largest absolute Gasteiger partial charge is 0.469 e. The topological polar surface area (TPSA) is 55.4 Å². The molecule has 5 heteroatoms. The number of carbonyl (C=O) groups is 2. The summed E-state index contributed by atoms with van der Waals surface area (Å²) in [7, 11) is 1.29. The van der Waals surface area contributed by atoms with Gasteiger partial charge in [-0.05, 0) is 24.6 Å². The Bertz CT molecular complexity index is 432. The lowest BCUT2D eigenvalue weighted by Crippen LogP contribution is -2.13. The number of halogens is 1. The molecule has 1 rings (SSSR count). The minimum atomic E-state index is -0.401. The molecule has 0 aliphatic heterocycles. The summed E-state index contributed by atoms with van der Waals surface area (Å²) in [6.45, 7) is 1.88. The molecular formula is C12H14ClNO3. The standard InChI is InChI=1S/C12H14ClNO3/c1-8-3-4-9(7-10(8)13)14-11(15)5-6-12(16)17-2/h3-4,7H,5-6H2,1-2H3,(H,14,15). The van der Waals surface area contributed by atoms with Crippen molar-refractivity contribution in [1.29, 1.82) is 0 Å². The molecule has 17 heavy (non-hydrogen) atoms. The number of methoxy groups -OCH3 is 1. The van der Waals surface area contributed by atoms with Crippen molar-refractivity contribution in [3.8, 4) is 0 Å². The fourth-order valence-corrected chi connectivity index (χ4v) is 1.39. The number of hydrogen-bond donors (Lipinski definition) is 1. The zero-order valence-corrected chi connectivity index (χ0v) is 10.5. The summed E-state index contributed by atoms with van der Waals surface area (Å²) in [5.41, 5.74) is 1.56. The molecule has 0 fully saturated rings. The number of benzene rings is 1. The van der Waals surface area contributed by atoms with Gasteiger partial charge in [-0.1, -0.05) is 17.7 Å². The average Bonchev–Trinajstić information content (AvgIpc) is 2.31. The molecule has 0 unspecified atom stereocenters. The fourth-order valence-electron chi connectivity index (χ4n) is 1.21. The highest BCUT2D eigenvalue weighted by Crippen LogP contribution is 2.20. The molecular weight excluding hydrogens is 242 g/mol. The molecule has 0 radical (unpaired) electrons. The Morgan fingerprint density at radius 1 is 1.35 bits per heavy atom. The second-order valence-corrected chi connectivity index (χ2v) is 4.00. The van der Waals surface area contributed by atoms with Crippen molar-refractivity contribution < 1.29 is 14.3 Å². The lowest BCUT2D eigenvalue weighted by molar-refractivity contribution is -0.141. The van der Waals surface area contributed by atoms with Gasteiger partial charge in [0.25, 0.3) is 0 Å². The van der Waals surface area contributed by atoms with E-state index in [2.05, 4.69) is 10.1 Å². The maximum Gasteiger partial charge on any atom is 0.306 e.